The first kappa shape index (κ1) is 7.78. The molecule has 2 heterocycles. The molecule has 1 aromatic heterocycles. The quantitative estimate of drug-likeness (QED) is 0.708. The summed E-state index contributed by atoms with van der Waals surface area (Å²) >= 11 is 1.75. The van der Waals surface area contributed by atoms with Crippen molar-refractivity contribution in [2.45, 2.75) is 5.92 Å². The third-order valence-corrected chi connectivity index (χ3v) is 3.29. The van der Waals surface area contributed by atoms with Gasteiger partial charge < -0.3 is 5.32 Å². The Bertz CT molecular complexity index is 286. The van der Waals surface area contributed by atoms with Gasteiger partial charge in [-0.3, -0.25) is 0 Å². The number of rotatable bonds is 1. The van der Waals surface area contributed by atoms with E-state index in [0.29, 0.717) is 5.92 Å². The van der Waals surface area contributed by atoms with E-state index in [9.17, 15) is 0 Å². The molecule has 2 atom stereocenters. The Morgan fingerprint density at radius 2 is 2.50 bits per heavy atom. The average molecular weight is 178 g/mol. The molecule has 0 spiro atoms. The second-order valence-corrected chi connectivity index (χ2v) is 4.00. The van der Waals surface area contributed by atoms with Crippen molar-refractivity contribution in [2.75, 3.05) is 13.1 Å². The van der Waals surface area contributed by atoms with E-state index in [1.54, 1.807) is 11.3 Å². The van der Waals surface area contributed by atoms with Gasteiger partial charge in [-0.05, 0) is 11.4 Å². The van der Waals surface area contributed by atoms with Crippen LogP contribution in [0.3, 0.4) is 0 Å². The summed E-state index contributed by atoms with van der Waals surface area (Å²) in [5.41, 5.74) is 0. The van der Waals surface area contributed by atoms with Gasteiger partial charge in [0.15, 0.2) is 0 Å². The Morgan fingerprint density at radius 3 is 3.17 bits per heavy atom. The molecule has 1 aromatic rings. The van der Waals surface area contributed by atoms with Gasteiger partial charge in [-0.25, -0.2) is 0 Å². The minimum Gasteiger partial charge on any atom is -0.315 e. The molecule has 0 unspecified atom stereocenters. The molecule has 0 aromatic carbocycles. The van der Waals surface area contributed by atoms with Crippen LogP contribution < -0.4 is 5.32 Å². The van der Waals surface area contributed by atoms with Crippen molar-refractivity contribution in [3.63, 3.8) is 0 Å². The largest absolute Gasteiger partial charge is 0.315 e. The summed E-state index contributed by atoms with van der Waals surface area (Å²) in [7, 11) is 0. The fourth-order valence-corrected chi connectivity index (χ4v) is 2.51. The van der Waals surface area contributed by atoms with Crippen molar-refractivity contribution < 1.29 is 0 Å². The lowest BCUT2D eigenvalue weighted by atomic mass is 9.96. The van der Waals surface area contributed by atoms with Crippen LogP contribution in [-0.2, 0) is 0 Å². The molecule has 0 radical (unpaired) electrons. The van der Waals surface area contributed by atoms with Crippen LogP contribution in [0.2, 0.25) is 0 Å². The van der Waals surface area contributed by atoms with Crippen molar-refractivity contribution in [1.29, 1.82) is 5.26 Å². The zero-order valence-corrected chi connectivity index (χ0v) is 7.47. The molecule has 2 nitrogen and oxygen atoms in total. The molecular weight excluding hydrogens is 168 g/mol. The van der Waals surface area contributed by atoms with Gasteiger partial charge in [-0.1, -0.05) is 6.07 Å². The summed E-state index contributed by atoms with van der Waals surface area (Å²) in [6.45, 7) is 1.80. The number of nitrogens with zero attached hydrogens (tertiary/aromatic N) is 1. The van der Waals surface area contributed by atoms with Gasteiger partial charge in [-0.2, -0.15) is 5.26 Å². The monoisotopic (exact) mass is 178 g/mol. The standard InChI is InChI=1S/C9H10N2S/c10-4-7-5-11-6-8(7)9-2-1-3-12-9/h1-3,7-8,11H,5-6H2/t7-,8-/m0/s1. The van der Waals surface area contributed by atoms with Crippen LogP contribution in [0, 0.1) is 17.2 Å². The molecule has 12 heavy (non-hydrogen) atoms. The van der Waals surface area contributed by atoms with E-state index < -0.39 is 0 Å². The predicted octanol–water partition coefficient (Wildman–Crippen LogP) is 1.57. The molecule has 2 rings (SSSR count). The van der Waals surface area contributed by atoms with E-state index in [-0.39, 0.29) is 5.92 Å². The number of nitrogens with one attached hydrogen (secondary N) is 1. The number of nitriles is 1. The fourth-order valence-electron chi connectivity index (χ4n) is 1.62. The minimum atomic E-state index is 0.170. The van der Waals surface area contributed by atoms with Crippen LogP contribution in [0.15, 0.2) is 17.5 Å². The van der Waals surface area contributed by atoms with E-state index in [0.717, 1.165) is 13.1 Å². The highest BCUT2D eigenvalue weighted by atomic mass is 32.1. The second kappa shape index (κ2) is 3.26. The molecule has 1 N–H and O–H groups in total. The Labute approximate surface area is 75.8 Å². The summed E-state index contributed by atoms with van der Waals surface area (Å²) in [6.07, 6.45) is 0. The molecule has 3 heteroatoms. The summed E-state index contributed by atoms with van der Waals surface area (Å²) in [6, 6.07) is 6.51. The minimum absolute atomic E-state index is 0.170. The molecule has 1 aliphatic rings. The van der Waals surface area contributed by atoms with Crippen LogP contribution in [0.5, 0.6) is 0 Å². The molecule has 1 fully saturated rings. The summed E-state index contributed by atoms with van der Waals surface area (Å²) in [5, 5.41) is 14.2. The van der Waals surface area contributed by atoms with E-state index in [1.807, 2.05) is 6.07 Å². The topological polar surface area (TPSA) is 35.8 Å². The van der Waals surface area contributed by atoms with Crippen LogP contribution in [0.1, 0.15) is 10.8 Å². The molecule has 0 amide bonds. The predicted molar refractivity (Wildman–Crippen MR) is 49.0 cm³/mol. The van der Waals surface area contributed by atoms with Gasteiger partial charge in [0.2, 0.25) is 0 Å². The molecule has 0 aliphatic carbocycles. The van der Waals surface area contributed by atoms with Crippen molar-refractivity contribution >= 4 is 11.3 Å². The van der Waals surface area contributed by atoms with Crippen LogP contribution in [0.25, 0.3) is 0 Å². The molecular formula is C9H10N2S. The summed E-state index contributed by atoms with van der Waals surface area (Å²) < 4.78 is 0. The second-order valence-electron chi connectivity index (χ2n) is 3.02. The SMILES string of the molecule is N#C[C@H]1CNC[C@@H]1c1cccs1. The van der Waals surface area contributed by atoms with E-state index in [2.05, 4.69) is 22.8 Å². The summed E-state index contributed by atoms with van der Waals surface area (Å²) in [5.74, 6) is 0.596. The van der Waals surface area contributed by atoms with Crippen molar-refractivity contribution in [2.24, 2.45) is 5.92 Å². The zero-order chi connectivity index (χ0) is 8.39. The Hall–Kier alpha value is -0.850. The molecule has 1 aliphatic heterocycles. The first-order chi connectivity index (χ1) is 5.92. The average Bonchev–Trinajstić information content (AvgIpc) is 2.74. The van der Waals surface area contributed by atoms with Crippen LogP contribution in [0.4, 0.5) is 0 Å². The van der Waals surface area contributed by atoms with Crippen LogP contribution in [-0.4, -0.2) is 13.1 Å². The lowest BCUT2D eigenvalue weighted by Gasteiger charge is -2.08. The van der Waals surface area contributed by atoms with E-state index >= 15 is 0 Å². The van der Waals surface area contributed by atoms with Crippen LogP contribution >= 0.6 is 11.3 Å². The summed E-state index contributed by atoms with van der Waals surface area (Å²) in [4.78, 5) is 1.34. The normalized spacial score (nSPS) is 28.6. The lowest BCUT2D eigenvalue weighted by Crippen LogP contribution is -2.07. The van der Waals surface area contributed by atoms with Gasteiger partial charge in [0.05, 0.1) is 12.0 Å². The van der Waals surface area contributed by atoms with Gasteiger partial charge >= 0.3 is 0 Å². The smallest absolute Gasteiger partial charge is 0.0676 e. The van der Waals surface area contributed by atoms with Crippen molar-refractivity contribution in [3.05, 3.63) is 22.4 Å². The van der Waals surface area contributed by atoms with Gasteiger partial charge in [0, 0.05) is 23.9 Å². The molecule has 0 saturated carbocycles. The van der Waals surface area contributed by atoms with Gasteiger partial charge in [-0.15, -0.1) is 11.3 Å². The van der Waals surface area contributed by atoms with Crippen molar-refractivity contribution in [3.8, 4) is 6.07 Å². The first-order valence-electron chi connectivity index (χ1n) is 4.05. The third-order valence-electron chi connectivity index (χ3n) is 2.29. The highest BCUT2D eigenvalue weighted by molar-refractivity contribution is 7.10. The Morgan fingerprint density at radius 1 is 1.58 bits per heavy atom. The maximum absolute atomic E-state index is 8.85. The number of hydrogen-bond donors (Lipinski definition) is 1. The molecule has 1 saturated heterocycles. The van der Waals surface area contributed by atoms with E-state index in [4.69, 9.17) is 5.26 Å². The molecule has 0 bridgehead atoms. The lowest BCUT2D eigenvalue weighted by molar-refractivity contribution is 0.657. The Kier molecular flexibility index (Phi) is 2.11. The first-order valence-corrected chi connectivity index (χ1v) is 4.93. The zero-order valence-electron chi connectivity index (χ0n) is 6.66. The maximum atomic E-state index is 8.85. The van der Waals surface area contributed by atoms with E-state index in [1.165, 1.54) is 4.88 Å². The maximum Gasteiger partial charge on any atom is 0.0676 e. The highest BCUT2D eigenvalue weighted by Gasteiger charge is 2.28. The number of hydrogen-bond acceptors (Lipinski definition) is 3. The Balaban J connectivity index is 2.20. The third kappa shape index (κ3) is 1.24. The molecule has 62 valence electrons. The number of thiophene rings is 1. The van der Waals surface area contributed by atoms with Crippen molar-refractivity contribution in [1.82, 2.24) is 5.32 Å². The fraction of sp³-hybridized carbons (Fsp3) is 0.444. The highest BCUT2D eigenvalue weighted by Crippen LogP contribution is 2.30. The van der Waals surface area contributed by atoms with Gasteiger partial charge in [0.1, 0.15) is 0 Å². The van der Waals surface area contributed by atoms with Gasteiger partial charge in [0.25, 0.3) is 0 Å².